The molecular weight excluding hydrogens is 144 g/mol. The van der Waals surface area contributed by atoms with Gasteiger partial charge in [0.25, 0.3) is 0 Å². The third-order valence-corrected chi connectivity index (χ3v) is 1.66. The number of aliphatic hydroxyl groups excluding tert-OH is 1. The van der Waals surface area contributed by atoms with Gasteiger partial charge in [-0.1, -0.05) is 0 Å². The van der Waals surface area contributed by atoms with E-state index in [2.05, 4.69) is 0 Å². The highest BCUT2D eigenvalue weighted by molar-refractivity contribution is 4.54. The van der Waals surface area contributed by atoms with Crippen molar-refractivity contribution >= 4 is 0 Å². The average Bonchev–Trinajstić information content (AvgIpc) is 2.05. The average molecular weight is 162 g/mol. The van der Waals surface area contributed by atoms with E-state index in [0.717, 1.165) is 25.9 Å². The molecule has 1 unspecified atom stereocenters. The molecule has 0 amide bonds. The minimum Gasteiger partial charge on any atom is -0.394 e. The van der Waals surface area contributed by atoms with Crippen LogP contribution in [0.2, 0.25) is 0 Å². The van der Waals surface area contributed by atoms with Gasteiger partial charge in [0.2, 0.25) is 0 Å². The fourth-order valence-electron chi connectivity index (χ4n) is 0.902. The molecule has 0 radical (unpaired) electrons. The van der Waals surface area contributed by atoms with Gasteiger partial charge in [0.15, 0.2) is 0 Å². The van der Waals surface area contributed by atoms with Crippen LogP contribution in [0, 0.1) is 0 Å². The number of methoxy groups -OCH3 is 2. The van der Waals surface area contributed by atoms with Crippen molar-refractivity contribution in [1.82, 2.24) is 0 Å². The summed E-state index contributed by atoms with van der Waals surface area (Å²) >= 11 is 0. The highest BCUT2D eigenvalue weighted by Crippen LogP contribution is 2.02. The maximum atomic E-state index is 8.73. The summed E-state index contributed by atoms with van der Waals surface area (Å²) < 4.78 is 9.88. The van der Waals surface area contributed by atoms with E-state index in [9.17, 15) is 0 Å². The predicted octanol–water partition coefficient (Wildman–Crippen LogP) is 0.810. The molecule has 0 aromatic carbocycles. The van der Waals surface area contributed by atoms with Gasteiger partial charge in [-0.15, -0.1) is 0 Å². The van der Waals surface area contributed by atoms with Crippen molar-refractivity contribution in [3.8, 4) is 0 Å². The lowest BCUT2D eigenvalue weighted by molar-refractivity contribution is 0.0402. The summed E-state index contributed by atoms with van der Waals surface area (Å²) in [6.07, 6.45) is 3.01. The Labute approximate surface area is 68.3 Å². The molecule has 0 aliphatic rings. The van der Waals surface area contributed by atoms with E-state index in [1.807, 2.05) is 0 Å². The third-order valence-electron chi connectivity index (χ3n) is 1.66. The Kier molecular flexibility index (Phi) is 7.89. The summed E-state index contributed by atoms with van der Waals surface area (Å²) in [5.41, 5.74) is 0. The van der Waals surface area contributed by atoms with Gasteiger partial charge in [-0.3, -0.25) is 0 Å². The lowest BCUT2D eigenvalue weighted by Crippen LogP contribution is -2.15. The van der Waals surface area contributed by atoms with Crippen molar-refractivity contribution < 1.29 is 14.6 Å². The first-order chi connectivity index (χ1) is 5.35. The first kappa shape index (κ1) is 10.9. The lowest BCUT2D eigenvalue weighted by Gasteiger charge is -2.10. The quantitative estimate of drug-likeness (QED) is 0.563. The van der Waals surface area contributed by atoms with E-state index < -0.39 is 0 Å². The molecule has 0 aliphatic heterocycles. The maximum absolute atomic E-state index is 8.73. The Morgan fingerprint density at radius 2 is 2.00 bits per heavy atom. The van der Waals surface area contributed by atoms with Gasteiger partial charge in [0, 0.05) is 20.8 Å². The van der Waals surface area contributed by atoms with E-state index in [1.54, 1.807) is 14.2 Å². The van der Waals surface area contributed by atoms with Gasteiger partial charge in [0.05, 0.1) is 12.7 Å². The number of ether oxygens (including phenoxy) is 2. The number of aliphatic hydroxyl groups is 1. The monoisotopic (exact) mass is 162 g/mol. The Morgan fingerprint density at radius 3 is 2.45 bits per heavy atom. The summed E-state index contributed by atoms with van der Waals surface area (Å²) in [6, 6.07) is 0. The molecule has 1 atom stereocenters. The van der Waals surface area contributed by atoms with Gasteiger partial charge in [0.1, 0.15) is 0 Å². The first-order valence-electron chi connectivity index (χ1n) is 3.97. The zero-order valence-electron chi connectivity index (χ0n) is 7.38. The predicted molar refractivity (Wildman–Crippen MR) is 43.6 cm³/mol. The molecule has 11 heavy (non-hydrogen) atoms. The Hall–Kier alpha value is -0.120. The Balaban J connectivity index is 3.07. The molecule has 0 aromatic heterocycles. The fraction of sp³-hybridized carbons (Fsp3) is 1.00. The maximum Gasteiger partial charge on any atom is 0.0802 e. The normalized spacial score (nSPS) is 13.4. The second kappa shape index (κ2) is 7.98. The number of rotatable bonds is 7. The van der Waals surface area contributed by atoms with Gasteiger partial charge < -0.3 is 14.6 Å². The smallest absolute Gasteiger partial charge is 0.0802 e. The van der Waals surface area contributed by atoms with Crippen LogP contribution >= 0.6 is 0 Å². The van der Waals surface area contributed by atoms with Crippen LogP contribution in [0.15, 0.2) is 0 Å². The number of hydrogen-bond acceptors (Lipinski definition) is 3. The summed E-state index contributed by atoms with van der Waals surface area (Å²) in [5.74, 6) is 0. The van der Waals surface area contributed by atoms with Crippen molar-refractivity contribution in [2.24, 2.45) is 0 Å². The summed E-state index contributed by atoms with van der Waals surface area (Å²) in [7, 11) is 3.32. The SMILES string of the molecule is COCCCCC(CO)OC. The summed E-state index contributed by atoms with van der Waals surface area (Å²) in [6.45, 7) is 0.908. The van der Waals surface area contributed by atoms with Crippen LogP contribution < -0.4 is 0 Å². The molecule has 0 saturated heterocycles. The van der Waals surface area contributed by atoms with Crippen molar-refractivity contribution in [3.63, 3.8) is 0 Å². The second-order valence-electron chi connectivity index (χ2n) is 2.53. The van der Waals surface area contributed by atoms with Crippen LogP contribution in [-0.4, -0.2) is 38.6 Å². The van der Waals surface area contributed by atoms with E-state index in [0.29, 0.717) is 0 Å². The van der Waals surface area contributed by atoms with E-state index in [-0.39, 0.29) is 12.7 Å². The van der Waals surface area contributed by atoms with Crippen molar-refractivity contribution in [3.05, 3.63) is 0 Å². The van der Waals surface area contributed by atoms with Crippen molar-refractivity contribution in [1.29, 1.82) is 0 Å². The van der Waals surface area contributed by atoms with E-state index in [1.165, 1.54) is 0 Å². The van der Waals surface area contributed by atoms with Crippen LogP contribution in [0.5, 0.6) is 0 Å². The summed E-state index contributed by atoms with van der Waals surface area (Å²) in [5, 5.41) is 8.73. The molecule has 0 bridgehead atoms. The molecule has 1 N–H and O–H groups in total. The van der Waals surface area contributed by atoms with Crippen LogP contribution in [0.1, 0.15) is 19.3 Å². The lowest BCUT2D eigenvalue weighted by atomic mass is 10.2. The van der Waals surface area contributed by atoms with E-state index in [4.69, 9.17) is 14.6 Å². The highest BCUT2D eigenvalue weighted by atomic mass is 16.5. The molecule has 0 aromatic rings. The first-order valence-corrected chi connectivity index (χ1v) is 3.97. The topological polar surface area (TPSA) is 38.7 Å². The van der Waals surface area contributed by atoms with Crippen LogP contribution in [0.4, 0.5) is 0 Å². The summed E-state index contributed by atoms with van der Waals surface area (Å²) in [4.78, 5) is 0. The largest absolute Gasteiger partial charge is 0.394 e. The van der Waals surface area contributed by atoms with Crippen molar-refractivity contribution in [2.75, 3.05) is 27.4 Å². The molecule has 0 rings (SSSR count). The Morgan fingerprint density at radius 1 is 1.27 bits per heavy atom. The van der Waals surface area contributed by atoms with Crippen LogP contribution in [0.3, 0.4) is 0 Å². The molecule has 3 nitrogen and oxygen atoms in total. The van der Waals surface area contributed by atoms with Crippen molar-refractivity contribution in [2.45, 2.75) is 25.4 Å². The second-order valence-corrected chi connectivity index (χ2v) is 2.53. The molecule has 0 aliphatic carbocycles. The minimum atomic E-state index is 0.00635. The fourth-order valence-corrected chi connectivity index (χ4v) is 0.902. The third kappa shape index (κ3) is 6.28. The van der Waals surface area contributed by atoms with E-state index >= 15 is 0 Å². The van der Waals surface area contributed by atoms with Crippen LogP contribution in [0.25, 0.3) is 0 Å². The van der Waals surface area contributed by atoms with Gasteiger partial charge >= 0.3 is 0 Å². The molecule has 0 heterocycles. The molecule has 0 spiro atoms. The Bertz CT molecular complexity index is 71.7. The molecule has 3 heteroatoms. The molecule has 0 saturated carbocycles. The minimum absolute atomic E-state index is 0.00635. The standard InChI is InChI=1S/C8H18O3/c1-10-6-4-3-5-8(7-9)11-2/h8-9H,3-7H2,1-2H3. The molecule has 68 valence electrons. The zero-order chi connectivity index (χ0) is 8.53. The highest BCUT2D eigenvalue weighted by Gasteiger charge is 2.03. The van der Waals surface area contributed by atoms with Crippen LogP contribution in [-0.2, 0) is 9.47 Å². The van der Waals surface area contributed by atoms with Gasteiger partial charge in [-0.2, -0.15) is 0 Å². The number of hydrogen-bond donors (Lipinski definition) is 1. The molecular formula is C8H18O3. The zero-order valence-corrected chi connectivity index (χ0v) is 7.38. The van der Waals surface area contributed by atoms with Gasteiger partial charge in [-0.05, 0) is 19.3 Å². The molecule has 0 fully saturated rings. The van der Waals surface area contributed by atoms with Gasteiger partial charge in [-0.25, -0.2) is 0 Å². The number of unbranched alkanes of at least 4 members (excludes halogenated alkanes) is 1.